The normalized spacial score (nSPS) is 12.8. The van der Waals surface area contributed by atoms with Crippen molar-refractivity contribution in [3.63, 3.8) is 0 Å². The quantitative estimate of drug-likeness (QED) is 0.788. The van der Waals surface area contributed by atoms with Gasteiger partial charge < -0.3 is 5.11 Å². The Morgan fingerprint density at radius 1 is 1.50 bits per heavy atom. The van der Waals surface area contributed by atoms with Gasteiger partial charge in [-0.15, -0.1) is 0 Å². The number of hydrogen-bond donors (Lipinski definition) is 2. The molecule has 0 radical (unpaired) electrons. The van der Waals surface area contributed by atoms with Crippen LogP contribution in [0.1, 0.15) is 13.8 Å². The lowest BCUT2D eigenvalue weighted by atomic mass is 10.1. The minimum atomic E-state index is -3.68. The SMILES string of the molecule is CC(C)(CO)NS(=O)(=O)c1ccc(Cl)nc1. The second kappa shape index (κ2) is 4.67. The van der Waals surface area contributed by atoms with Crippen LogP contribution < -0.4 is 4.72 Å². The Kier molecular flexibility index (Phi) is 3.90. The minimum Gasteiger partial charge on any atom is -0.394 e. The second-order valence-electron chi connectivity index (χ2n) is 3.96. The average Bonchev–Trinajstić information content (AvgIpc) is 2.17. The van der Waals surface area contributed by atoms with E-state index >= 15 is 0 Å². The van der Waals surface area contributed by atoms with Gasteiger partial charge >= 0.3 is 0 Å². The predicted octanol–water partition coefficient (Wildman–Crippen LogP) is 0.784. The molecule has 0 unspecified atom stereocenters. The number of aliphatic hydroxyl groups is 1. The van der Waals surface area contributed by atoms with E-state index in [1.165, 1.54) is 12.1 Å². The highest BCUT2D eigenvalue weighted by Crippen LogP contribution is 2.13. The Hall–Kier alpha value is -0.690. The van der Waals surface area contributed by atoms with Gasteiger partial charge in [-0.2, -0.15) is 0 Å². The molecule has 0 aliphatic carbocycles. The summed E-state index contributed by atoms with van der Waals surface area (Å²) < 4.78 is 26.0. The van der Waals surface area contributed by atoms with Crippen molar-refractivity contribution >= 4 is 21.6 Å². The maximum Gasteiger partial charge on any atom is 0.242 e. The van der Waals surface area contributed by atoms with Crippen LogP contribution in [0.25, 0.3) is 0 Å². The van der Waals surface area contributed by atoms with E-state index in [2.05, 4.69) is 9.71 Å². The Balaban J connectivity index is 2.99. The number of halogens is 1. The molecule has 0 fully saturated rings. The van der Waals surface area contributed by atoms with Gasteiger partial charge in [-0.25, -0.2) is 18.1 Å². The maximum absolute atomic E-state index is 11.8. The monoisotopic (exact) mass is 264 g/mol. The molecule has 1 rings (SSSR count). The largest absolute Gasteiger partial charge is 0.394 e. The lowest BCUT2D eigenvalue weighted by molar-refractivity contribution is 0.208. The number of rotatable bonds is 4. The highest BCUT2D eigenvalue weighted by molar-refractivity contribution is 7.89. The number of sulfonamides is 1. The van der Waals surface area contributed by atoms with E-state index in [1.54, 1.807) is 13.8 Å². The number of hydrogen-bond acceptors (Lipinski definition) is 4. The molecule has 1 aromatic rings. The molecule has 0 aromatic carbocycles. The van der Waals surface area contributed by atoms with E-state index in [1.807, 2.05) is 0 Å². The molecular formula is C9H13ClN2O3S. The van der Waals surface area contributed by atoms with Gasteiger partial charge in [-0.1, -0.05) is 11.6 Å². The summed E-state index contributed by atoms with van der Waals surface area (Å²) in [7, 11) is -3.68. The summed E-state index contributed by atoms with van der Waals surface area (Å²) in [5, 5.41) is 9.21. The topological polar surface area (TPSA) is 79.3 Å². The maximum atomic E-state index is 11.8. The summed E-state index contributed by atoms with van der Waals surface area (Å²) in [4.78, 5) is 3.70. The molecule has 90 valence electrons. The first-order chi connectivity index (χ1) is 7.27. The molecular weight excluding hydrogens is 252 g/mol. The summed E-state index contributed by atoms with van der Waals surface area (Å²) in [5.74, 6) is 0. The van der Waals surface area contributed by atoms with Crippen LogP contribution in [0.15, 0.2) is 23.2 Å². The van der Waals surface area contributed by atoms with Crippen molar-refractivity contribution < 1.29 is 13.5 Å². The molecule has 0 aliphatic rings. The Morgan fingerprint density at radius 2 is 2.12 bits per heavy atom. The number of nitrogens with zero attached hydrogens (tertiary/aromatic N) is 1. The van der Waals surface area contributed by atoms with Crippen molar-refractivity contribution in [3.05, 3.63) is 23.5 Å². The lowest BCUT2D eigenvalue weighted by Gasteiger charge is -2.22. The average molecular weight is 265 g/mol. The molecule has 0 aliphatic heterocycles. The number of pyridine rings is 1. The highest BCUT2D eigenvalue weighted by atomic mass is 35.5. The standard InChI is InChI=1S/C9H13ClN2O3S/c1-9(2,6-13)12-16(14,15)7-3-4-8(10)11-5-7/h3-5,12-13H,6H2,1-2H3. The van der Waals surface area contributed by atoms with Gasteiger partial charge in [0.05, 0.1) is 12.1 Å². The molecule has 0 saturated carbocycles. The first-order valence-electron chi connectivity index (χ1n) is 4.53. The van der Waals surface area contributed by atoms with Crippen LogP contribution in [0.3, 0.4) is 0 Å². The number of aliphatic hydroxyl groups excluding tert-OH is 1. The van der Waals surface area contributed by atoms with Crippen molar-refractivity contribution in [2.45, 2.75) is 24.3 Å². The summed E-state index contributed by atoms with van der Waals surface area (Å²) >= 11 is 5.56. The fourth-order valence-electron chi connectivity index (χ4n) is 0.976. The summed E-state index contributed by atoms with van der Waals surface area (Å²) in [6, 6.07) is 2.74. The molecule has 2 N–H and O–H groups in total. The van der Waals surface area contributed by atoms with Gasteiger partial charge in [-0.3, -0.25) is 0 Å². The third kappa shape index (κ3) is 3.41. The second-order valence-corrected chi connectivity index (χ2v) is 6.03. The summed E-state index contributed by atoms with van der Waals surface area (Å²) in [5.41, 5.74) is -0.918. The smallest absolute Gasteiger partial charge is 0.242 e. The van der Waals surface area contributed by atoms with Gasteiger partial charge in [0.1, 0.15) is 10.0 Å². The predicted molar refractivity (Wildman–Crippen MR) is 60.7 cm³/mol. The molecule has 7 heteroatoms. The molecule has 0 bridgehead atoms. The zero-order valence-electron chi connectivity index (χ0n) is 8.94. The van der Waals surface area contributed by atoms with Crippen LogP contribution in [-0.2, 0) is 10.0 Å². The van der Waals surface area contributed by atoms with E-state index in [0.717, 1.165) is 6.20 Å². The van der Waals surface area contributed by atoms with Crippen LogP contribution >= 0.6 is 11.6 Å². The van der Waals surface area contributed by atoms with Gasteiger partial charge in [0.2, 0.25) is 10.0 Å². The summed E-state index contributed by atoms with van der Waals surface area (Å²) in [6.45, 7) is 2.86. The van der Waals surface area contributed by atoms with Crippen molar-refractivity contribution in [2.24, 2.45) is 0 Å². The molecule has 0 saturated heterocycles. The van der Waals surface area contributed by atoms with E-state index in [4.69, 9.17) is 16.7 Å². The Bertz CT molecular complexity index is 456. The third-order valence-corrected chi connectivity index (χ3v) is 3.72. The van der Waals surface area contributed by atoms with Crippen LogP contribution in [0.2, 0.25) is 5.15 Å². The van der Waals surface area contributed by atoms with Gasteiger partial charge in [0.25, 0.3) is 0 Å². The van der Waals surface area contributed by atoms with Crippen molar-refractivity contribution in [3.8, 4) is 0 Å². The van der Waals surface area contributed by atoms with Crippen LogP contribution in [0.5, 0.6) is 0 Å². The lowest BCUT2D eigenvalue weighted by Crippen LogP contribution is -2.46. The van der Waals surface area contributed by atoms with E-state index in [-0.39, 0.29) is 16.7 Å². The Labute approximate surface area is 99.5 Å². The van der Waals surface area contributed by atoms with E-state index in [0.29, 0.717) is 0 Å². The zero-order valence-corrected chi connectivity index (χ0v) is 10.5. The van der Waals surface area contributed by atoms with Crippen LogP contribution in [-0.4, -0.2) is 30.7 Å². The fourth-order valence-corrected chi connectivity index (χ4v) is 2.44. The zero-order chi connectivity index (χ0) is 12.4. The van der Waals surface area contributed by atoms with E-state index < -0.39 is 15.6 Å². The first kappa shape index (κ1) is 13.4. The third-order valence-electron chi connectivity index (χ3n) is 1.82. The van der Waals surface area contributed by atoms with Crippen molar-refractivity contribution in [2.75, 3.05) is 6.61 Å². The van der Waals surface area contributed by atoms with E-state index in [9.17, 15) is 8.42 Å². The van der Waals surface area contributed by atoms with Gasteiger partial charge in [-0.05, 0) is 26.0 Å². The minimum absolute atomic E-state index is 0.0124. The summed E-state index contributed by atoms with van der Waals surface area (Å²) in [6.07, 6.45) is 1.16. The molecule has 0 amide bonds. The molecule has 5 nitrogen and oxygen atoms in total. The van der Waals surface area contributed by atoms with Crippen molar-refractivity contribution in [1.82, 2.24) is 9.71 Å². The van der Waals surface area contributed by atoms with Crippen LogP contribution in [0.4, 0.5) is 0 Å². The number of nitrogens with one attached hydrogen (secondary N) is 1. The van der Waals surface area contributed by atoms with Gasteiger partial charge in [0, 0.05) is 6.20 Å². The first-order valence-corrected chi connectivity index (χ1v) is 6.39. The fraction of sp³-hybridized carbons (Fsp3) is 0.444. The highest BCUT2D eigenvalue weighted by Gasteiger charge is 2.25. The van der Waals surface area contributed by atoms with Crippen LogP contribution in [0, 0.1) is 0 Å². The number of aromatic nitrogens is 1. The molecule has 0 atom stereocenters. The molecule has 1 heterocycles. The molecule has 16 heavy (non-hydrogen) atoms. The Morgan fingerprint density at radius 3 is 2.56 bits per heavy atom. The molecule has 1 aromatic heterocycles. The molecule has 0 spiro atoms. The van der Waals surface area contributed by atoms with Crippen molar-refractivity contribution in [1.29, 1.82) is 0 Å². The van der Waals surface area contributed by atoms with Gasteiger partial charge in [0.15, 0.2) is 0 Å².